The molecule has 0 aliphatic rings. The van der Waals surface area contributed by atoms with Crippen molar-refractivity contribution in [1.82, 2.24) is 19.3 Å². The summed E-state index contributed by atoms with van der Waals surface area (Å²) in [5.41, 5.74) is 1.63. The molecule has 0 saturated carbocycles. The van der Waals surface area contributed by atoms with Crippen LogP contribution in [0.5, 0.6) is 0 Å². The summed E-state index contributed by atoms with van der Waals surface area (Å²) >= 11 is 0. The van der Waals surface area contributed by atoms with Crippen LogP contribution in [0.15, 0.2) is 55.0 Å². The second kappa shape index (κ2) is 5.93. The molecule has 1 unspecified atom stereocenters. The Balaban J connectivity index is 1.77. The Morgan fingerprint density at radius 1 is 1.14 bits per heavy atom. The van der Waals surface area contributed by atoms with Crippen molar-refractivity contribution < 1.29 is 5.11 Å². The standard InChI is InChI=1S/C16H18N4O/c1-2-19-11-9-17-16(19)12-15(21)14-8-10-20(18-14)13-6-4-3-5-7-13/h3-11,15,21H,2,12H2,1H3. The highest BCUT2D eigenvalue weighted by atomic mass is 16.3. The van der Waals surface area contributed by atoms with Gasteiger partial charge in [-0.3, -0.25) is 0 Å². The van der Waals surface area contributed by atoms with Crippen LogP contribution in [0.3, 0.4) is 0 Å². The SMILES string of the molecule is CCn1ccnc1CC(O)c1ccn(-c2ccccc2)n1. The molecule has 0 fully saturated rings. The smallest absolute Gasteiger partial charge is 0.111 e. The minimum Gasteiger partial charge on any atom is -0.386 e. The van der Waals surface area contributed by atoms with Crippen molar-refractivity contribution in [3.63, 3.8) is 0 Å². The first-order valence-corrected chi connectivity index (χ1v) is 7.07. The van der Waals surface area contributed by atoms with Crippen LogP contribution >= 0.6 is 0 Å². The summed E-state index contributed by atoms with van der Waals surface area (Å²) in [6.45, 7) is 2.90. The highest BCUT2D eigenvalue weighted by Crippen LogP contribution is 2.17. The maximum absolute atomic E-state index is 10.3. The molecule has 0 saturated heterocycles. The lowest BCUT2D eigenvalue weighted by atomic mass is 10.2. The summed E-state index contributed by atoms with van der Waals surface area (Å²) < 4.78 is 3.79. The van der Waals surface area contributed by atoms with Gasteiger partial charge in [-0.1, -0.05) is 18.2 Å². The van der Waals surface area contributed by atoms with Crippen LogP contribution in [0.4, 0.5) is 0 Å². The molecular formula is C16H18N4O. The topological polar surface area (TPSA) is 55.9 Å². The van der Waals surface area contributed by atoms with Gasteiger partial charge in [-0.15, -0.1) is 0 Å². The van der Waals surface area contributed by atoms with Crippen LogP contribution < -0.4 is 0 Å². The van der Waals surface area contributed by atoms with Gasteiger partial charge in [0.15, 0.2) is 0 Å². The molecular weight excluding hydrogens is 264 g/mol. The second-order valence-corrected chi connectivity index (χ2v) is 4.87. The molecule has 1 N–H and O–H groups in total. The summed E-state index contributed by atoms with van der Waals surface area (Å²) in [4.78, 5) is 4.29. The van der Waals surface area contributed by atoms with Crippen LogP contribution in [-0.2, 0) is 13.0 Å². The van der Waals surface area contributed by atoms with Crippen molar-refractivity contribution >= 4 is 0 Å². The number of rotatable bonds is 5. The Morgan fingerprint density at radius 2 is 1.95 bits per heavy atom. The zero-order valence-corrected chi connectivity index (χ0v) is 11.9. The van der Waals surface area contributed by atoms with Crippen LogP contribution in [0, 0.1) is 0 Å². The van der Waals surface area contributed by atoms with Gasteiger partial charge < -0.3 is 9.67 Å². The van der Waals surface area contributed by atoms with Gasteiger partial charge in [0.1, 0.15) is 11.9 Å². The van der Waals surface area contributed by atoms with Gasteiger partial charge in [0.05, 0.1) is 11.4 Å². The van der Waals surface area contributed by atoms with Gasteiger partial charge in [-0.05, 0) is 25.1 Å². The summed E-state index contributed by atoms with van der Waals surface area (Å²) in [5, 5.41) is 14.8. The molecule has 0 bridgehead atoms. The maximum Gasteiger partial charge on any atom is 0.111 e. The monoisotopic (exact) mass is 282 g/mol. The van der Waals surface area contributed by atoms with Crippen LogP contribution in [0.1, 0.15) is 24.5 Å². The molecule has 3 rings (SSSR count). The van der Waals surface area contributed by atoms with Crippen molar-refractivity contribution in [2.45, 2.75) is 26.0 Å². The maximum atomic E-state index is 10.3. The van der Waals surface area contributed by atoms with Crippen LogP contribution in [0.25, 0.3) is 5.69 Å². The van der Waals surface area contributed by atoms with E-state index >= 15 is 0 Å². The molecule has 0 amide bonds. The molecule has 2 heterocycles. The average Bonchev–Trinajstić information content (AvgIpc) is 3.17. The molecule has 1 aromatic carbocycles. The number of aromatic nitrogens is 4. The molecule has 0 spiro atoms. The third-order valence-corrected chi connectivity index (χ3v) is 3.49. The fourth-order valence-electron chi connectivity index (χ4n) is 2.34. The molecule has 108 valence electrons. The largest absolute Gasteiger partial charge is 0.386 e. The second-order valence-electron chi connectivity index (χ2n) is 4.87. The van der Waals surface area contributed by atoms with Gasteiger partial charge >= 0.3 is 0 Å². The number of hydrogen-bond acceptors (Lipinski definition) is 3. The number of nitrogens with zero attached hydrogens (tertiary/aromatic N) is 4. The van der Waals surface area contributed by atoms with E-state index in [9.17, 15) is 5.11 Å². The number of benzene rings is 1. The van der Waals surface area contributed by atoms with E-state index in [2.05, 4.69) is 17.0 Å². The molecule has 0 radical (unpaired) electrons. The first kappa shape index (κ1) is 13.6. The highest BCUT2D eigenvalue weighted by molar-refractivity contribution is 5.30. The van der Waals surface area contributed by atoms with E-state index < -0.39 is 6.10 Å². The number of aryl methyl sites for hydroxylation is 1. The van der Waals surface area contributed by atoms with E-state index in [1.807, 2.05) is 53.4 Å². The lowest BCUT2D eigenvalue weighted by Gasteiger charge is -2.09. The Bertz CT molecular complexity index is 702. The van der Waals surface area contributed by atoms with Crippen molar-refractivity contribution in [3.05, 3.63) is 66.5 Å². The van der Waals surface area contributed by atoms with E-state index in [1.54, 1.807) is 10.9 Å². The van der Waals surface area contributed by atoms with Gasteiger partial charge in [-0.2, -0.15) is 5.10 Å². The number of hydrogen-bond donors (Lipinski definition) is 1. The number of imidazole rings is 1. The fourth-order valence-corrected chi connectivity index (χ4v) is 2.34. The first-order valence-electron chi connectivity index (χ1n) is 7.07. The van der Waals surface area contributed by atoms with Gasteiger partial charge in [-0.25, -0.2) is 9.67 Å². The highest BCUT2D eigenvalue weighted by Gasteiger charge is 2.15. The zero-order valence-electron chi connectivity index (χ0n) is 11.9. The van der Waals surface area contributed by atoms with Gasteiger partial charge in [0, 0.05) is 31.6 Å². The Labute approximate surface area is 123 Å². The molecule has 3 aromatic rings. The molecule has 5 heteroatoms. The average molecular weight is 282 g/mol. The lowest BCUT2D eigenvalue weighted by molar-refractivity contribution is 0.169. The fraction of sp³-hybridized carbons (Fsp3) is 0.250. The minimum absolute atomic E-state index is 0.465. The van der Waals surface area contributed by atoms with Crippen molar-refractivity contribution in [3.8, 4) is 5.69 Å². The minimum atomic E-state index is -0.650. The number of aliphatic hydroxyl groups is 1. The van der Waals surface area contributed by atoms with Gasteiger partial charge in [0.25, 0.3) is 0 Å². The third kappa shape index (κ3) is 2.87. The number of aliphatic hydroxyl groups excluding tert-OH is 1. The van der Waals surface area contributed by atoms with Crippen molar-refractivity contribution in [2.24, 2.45) is 0 Å². The Kier molecular flexibility index (Phi) is 3.83. The van der Waals surface area contributed by atoms with Crippen molar-refractivity contribution in [1.29, 1.82) is 0 Å². The van der Waals surface area contributed by atoms with E-state index in [0.29, 0.717) is 12.1 Å². The van der Waals surface area contributed by atoms with E-state index in [-0.39, 0.29) is 0 Å². The molecule has 5 nitrogen and oxygen atoms in total. The molecule has 2 aromatic heterocycles. The summed E-state index contributed by atoms with van der Waals surface area (Å²) in [5.74, 6) is 0.874. The first-order chi connectivity index (χ1) is 10.3. The summed E-state index contributed by atoms with van der Waals surface area (Å²) in [6, 6.07) is 11.7. The lowest BCUT2D eigenvalue weighted by Crippen LogP contribution is -2.09. The van der Waals surface area contributed by atoms with E-state index in [1.165, 1.54) is 0 Å². The predicted octanol–water partition coefficient (Wildman–Crippen LogP) is 2.36. The third-order valence-electron chi connectivity index (χ3n) is 3.49. The summed E-state index contributed by atoms with van der Waals surface area (Å²) in [6.07, 6.45) is 5.36. The zero-order chi connectivity index (χ0) is 14.7. The predicted molar refractivity (Wildman–Crippen MR) is 80.1 cm³/mol. The normalized spacial score (nSPS) is 12.5. The summed E-state index contributed by atoms with van der Waals surface area (Å²) in [7, 11) is 0. The van der Waals surface area contributed by atoms with Gasteiger partial charge in [0.2, 0.25) is 0 Å². The number of para-hydroxylation sites is 1. The molecule has 0 aliphatic heterocycles. The van der Waals surface area contributed by atoms with Crippen LogP contribution in [0.2, 0.25) is 0 Å². The Hall–Kier alpha value is -2.40. The van der Waals surface area contributed by atoms with Crippen molar-refractivity contribution in [2.75, 3.05) is 0 Å². The van der Waals surface area contributed by atoms with E-state index in [4.69, 9.17) is 0 Å². The quantitative estimate of drug-likeness (QED) is 0.781. The molecule has 1 atom stereocenters. The van der Waals surface area contributed by atoms with Crippen LogP contribution in [-0.4, -0.2) is 24.4 Å². The Morgan fingerprint density at radius 3 is 2.71 bits per heavy atom. The molecule has 21 heavy (non-hydrogen) atoms. The van der Waals surface area contributed by atoms with E-state index in [0.717, 1.165) is 18.1 Å². The molecule has 0 aliphatic carbocycles.